The van der Waals surface area contributed by atoms with Crippen molar-refractivity contribution in [1.82, 2.24) is 4.31 Å². The Morgan fingerprint density at radius 2 is 1.85 bits per heavy atom. The van der Waals surface area contributed by atoms with E-state index in [0.717, 1.165) is 0 Å². The summed E-state index contributed by atoms with van der Waals surface area (Å²) in [5.74, 6) is -0.442. The van der Waals surface area contributed by atoms with Crippen molar-refractivity contribution in [2.24, 2.45) is 0 Å². The predicted octanol–water partition coefficient (Wildman–Crippen LogP) is 0.961. The fraction of sp³-hybridized carbons (Fsp3) is 0.538. The molecule has 20 heavy (non-hydrogen) atoms. The van der Waals surface area contributed by atoms with Gasteiger partial charge < -0.3 is 10.0 Å². The van der Waals surface area contributed by atoms with E-state index in [4.69, 9.17) is 0 Å². The molecule has 0 aromatic heterocycles. The van der Waals surface area contributed by atoms with Gasteiger partial charge in [0.05, 0.1) is 12.4 Å². The molecule has 2 rings (SSSR count). The third-order valence-corrected chi connectivity index (χ3v) is 4.80. The van der Waals surface area contributed by atoms with E-state index < -0.39 is 21.9 Å². The van der Waals surface area contributed by atoms with Crippen LogP contribution in [0.3, 0.4) is 0 Å². The molecule has 1 atom stereocenters. The van der Waals surface area contributed by atoms with Crippen LogP contribution < -0.4 is 4.90 Å². The average Bonchev–Trinajstić information content (AvgIpc) is 2.37. The Morgan fingerprint density at radius 1 is 1.25 bits per heavy atom. The molecular formula is C13H19FN2O3S. The van der Waals surface area contributed by atoms with Gasteiger partial charge in [0.25, 0.3) is 0 Å². The summed E-state index contributed by atoms with van der Waals surface area (Å²) in [4.78, 5) is 1.91. The number of piperazine rings is 1. The lowest BCUT2D eigenvalue weighted by Crippen LogP contribution is -2.48. The standard InChI is InChI=1S/C13H19FN2O3S/c1-10(17)13-11(14)4-3-5-12(13)15-6-8-16(9-7-15)20(2,18)19/h3-5,10,17H,6-9H2,1-2H3/t10-/m1/s1. The van der Waals surface area contributed by atoms with Crippen molar-refractivity contribution in [3.8, 4) is 0 Å². The maximum absolute atomic E-state index is 13.8. The topological polar surface area (TPSA) is 60.9 Å². The SMILES string of the molecule is C[C@@H](O)c1c(F)cccc1N1CCN(S(C)(=O)=O)CC1. The maximum atomic E-state index is 13.8. The van der Waals surface area contributed by atoms with Gasteiger partial charge in [0.15, 0.2) is 0 Å². The molecule has 1 aliphatic heterocycles. The molecule has 0 unspecified atom stereocenters. The third kappa shape index (κ3) is 3.11. The second-order valence-electron chi connectivity index (χ2n) is 5.00. The summed E-state index contributed by atoms with van der Waals surface area (Å²) in [6.45, 7) is 3.23. The van der Waals surface area contributed by atoms with Crippen LogP contribution >= 0.6 is 0 Å². The molecule has 1 N–H and O–H groups in total. The molecule has 0 radical (unpaired) electrons. The molecule has 0 bridgehead atoms. The van der Waals surface area contributed by atoms with Crippen LogP contribution in [0.25, 0.3) is 0 Å². The van der Waals surface area contributed by atoms with Gasteiger partial charge in [0, 0.05) is 37.4 Å². The lowest BCUT2D eigenvalue weighted by atomic mass is 10.1. The number of anilines is 1. The van der Waals surface area contributed by atoms with Crippen molar-refractivity contribution >= 4 is 15.7 Å². The Hall–Kier alpha value is -1.18. The molecule has 0 aliphatic carbocycles. The van der Waals surface area contributed by atoms with Gasteiger partial charge in [-0.05, 0) is 19.1 Å². The average molecular weight is 302 g/mol. The molecule has 1 heterocycles. The molecule has 1 fully saturated rings. The highest BCUT2D eigenvalue weighted by Gasteiger charge is 2.26. The first-order chi connectivity index (χ1) is 9.30. The van der Waals surface area contributed by atoms with Gasteiger partial charge in [-0.15, -0.1) is 0 Å². The van der Waals surface area contributed by atoms with Crippen LogP contribution in [0.1, 0.15) is 18.6 Å². The van der Waals surface area contributed by atoms with E-state index in [-0.39, 0.29) is 5.56 Å². The minimum Gasteiger partial charge on any atom is -0.389 e. The molecule has 5 nitrogen and oxygen atoms in total. The van der Waals surface area contributed by atoms with Crippen LogP contribution in [0.2, 0.25) is 0 Å². The largest absolute Gasteiger partial charge is 0.389 e. The summed E-state index contributed by atoms with van der Waals surface area (Å²) in [5, 5.41) is 9.72. The number of sulfonamides is 1. The molecule has 1 aromatic rings. The number of halogens is 1. The zero-order valence-electron chi connectivity index (χ0n) is 11.6. The van der Waals surface area contributed by atoms with Crippen LogP contribution in [0.4, 0.5) is 10.1 Å². The van der Waals surface area contributed by atoms with Gasteiger partial charge in [-0.25, -0.2) is 12.8 Å². The third-order valence-electron chi connectivity index (χ3n) is 3.50. The highest BCUT2D eigenvalue weighted by molar-refractivity contribution is 7.88. The molecule has 7 heteroatoms. The highest BCUT2D eigenvalue weighted by atomic mass is 32.2. The summed E-state index contributed by atoms with van der Waals surface area (Å²) >= 11 is 0. The molecule has 112 valence electrons. The first-order valence-electron chi connectivity index (χ1n) is 6.47. The van der Waals surface area contributed by atoms with Crippen LogP contribution in [-0.2, 0) is 10.0 Å². The summed E-state index contributed by atoms with van der Waals surface area (Å²) in [5.41, 5.74) is 0.897. The van der Waals surface area contributed by atoms with Crippen LogP contribution in [0, 0.1) is 5.82 Å². The summed E-state index contributed by atoms with van der Waals surface area (Å²) in [7, 11) is -3.18. The Kier molecular flexibility index (Phi) is 4.31. The first-order valence-corrected chi connectivity index (χ1v) is 8.32. The summed E-state index contributed by atoms with van der Waals surface area (Å²) in [6, 6.07) is 4.67. The number of hydrogen-bond acceptors (Lipinski definition) is 4. The summed E-state index contributed by atoms with van der Waals surface area (Å²) < 4.78 is 38.2. The Balaban J connectivity index is 2.21. The van der Waals surface area contributed by atoms with Crippen molar-refractivity contribution in [3.05, 3.63) is 29.6 Å². The van der Waals surface area contributed by atoms with Crippen molar-refractivity contribution < 1.29 is 17.9 Å². The van der Waals surface area contributed by atoms with E-state index in [2.05, 4.69) is 0 Å². The number of rotatable bonds is 3. The minimum atomic E-state index is -3.18. The van der Waals surface area contributed by atoms with Crippen LogP contribution in [0.5, 0.6) is 0 Å². The molecule has 0 amide bonds. The Bertz CT molecular complexity index is 581. The van der Waals surface area contributed by atoms with Gasteiger partial charge in [-0.3, -0.25) is 0 Å². The zero-order chi connectivity index (χ0) is 14.9. The van der Waals surface area contributed by atoms with E-state index in [1.807, 2.05) is 4.90 Å². The van der Waals surface area contributed by atoms with Crippen molar-refractivity contribution in [1.29, 1.82) is 0 Å². The highest BCUT2D eigenvalue weighted by Crippen LogP contribution is 2.29. The van der Waals surface area contributed by atoms with Gasteiger partial charge in [0.2, 0.25) is 10.0 Å². The Morgan fingerprint density at radius 3 is 2.35 bits per heavy atom. The second-order valence-corrected chi connectivity index (χ2v) is 6.98. The second kappa shape index (κ2) is 5.67. The van der Waals surface area contributed by atoms with Gasteiger partial charge >= 0.3 is 0 Å². The molecule has 1 aromatic carbocycles. The van der Waals surface area contributed by atoms with Crippen molar-refractivity contribution in [2.45, 2.75) is 13.0 Å². The van der Waals surface area contributed by atoms with Gasteiger partial charge in [-0.1, -0.05) is 6.07 Å². The molecular weight excluding hydrogens is 283 g/mol. The fourth-order valence-electron chi connectivity index (χ4n) is 2.48. The zero-order valence-corrected chi connectivity index (χ0v) is 12.4. The lowest BCUT2D eigenvalue weighted by molar-refractivity contribution is 0.194. The van der Waals surface area contributed by atoms with Crippen LogP contribution in [-0.4, -0.2) is 50.3 Å². The van der Waals surface area contributed by atoms with E-state index in [0.29, 0.717) is 31.9 Å². The van der Waals surface area contributed by atoms with E-state index in [1.165, 1.54) is 23.6 Å². The molecule has 0 saturated carbocycles. The number of aliphatic hydroxyl groups excluding tert-OH is 1. The molecule has 1 aliphatic rings. The van der Waals surface area contributed by atoms with Crippen molar-refractivity contribution in [2.75, 3.05) is 37.3 Å². The lowest BCUT2D eigenvalue weighted by Gasteiger charge is -2.36. The smallest absolute Gasteiger partial charge is 0.211 e. The number of benzene rings is 1. The number of nitrogens with zero attached hydrogens (tertiary/aromatic N) is 2. The number of aliphatic hydroxyl groups is 1. The van der Waals surface area contributed by atoms with Crippen molar-refractivity contribution in [3.63, 3.8) is 0 Å². The monoisotopic (exact) mass is 302 g/mol. The van der Waals surface area contributed by atoms with E-state index >= 15 is 0 Å². The van der Waals surface area contributed by atoms with E-state index in [9.17, 15) is 17.9 Å². The maximum Gasteiger partial charge on any atom is 0.211 e. The van der Waals surface area contributed by atoms with E-state index in [1.54, 1.807) is 12.1 Å². The Labute approximate surface area is 118 Å². The fourth-order valence-corrected chi connectivity index (χ4v) is 3.30. The predicted molar refractivity (Wildman–Crippen MR) is 75.7 cm³/mol. The molecule has 0 spiro atoms. The first kappa shape index (κ1) is 15.2. The van der Waals surface area contributed by atoms with Gasteiger partial charge in [0.1, 0.15) is 5.82 Å². The minimum absolute atomic E-state index is 0.264. The normalized spacial score (nSPS) is 19.1. The van der Waals surface area contributed by atoms with Crippen LogP contribution in [0.15, 0.2) is 18.2 Å². The number of hydrogen-bond donors (Lipinski definition) is 1. The quantitative estimate of drug-likeness (QED) is 0.903. The van der Waals surface area contributed by atoms with Gasteiger partial charge in [-0.2, -0.15) is 4.31 Å². The summed E-state index contributed by atoms with van der Waals surface area (Å²) in [6.07, 6.45) is 0.283. The molecule has 1 saturated heterocycles.